The van der Waals surface area contributed by atoms with E-state index in [4.69, 9.17) is 14.2 Å². The number of hydrogen-bond acceptors (Lipinski definition) is 6. The van der Waals surface area contributed by atoms with Crippen LogP contribution < -0.4 is 24.8 Å². The first-order valence-corrected chi connectivity index (χ1v) is 8.73. The van der Waals surface area contributed by atoms with Gasteiger partial charge in [0.1, 0.15) is 11.9 Å². The molecule has 2 aliphatic heterocycles. The van der Waals surface area contributed by atoms with E-state index < -0.39 is 0 Å². The molecule has 0 spiro atoms. The molecule has 132 valence electrons. The second-order valence-electron chi connectivity index (χ2n) is 6.43. The van der Waals surface area contributed by atoms with E-state index in [-0.39, 0.29) is 12.1 Å². The van der Waals surface area contributed by atoms with Crippen LogP contribution in [-0.4, -0.2) is 31.0 Å². The molecule has 2 atom stereocenters. The molecule has 2 aliphatic rings. The van der Waals surface area contributed by atoms with Gasteiger partial charge >= 0.3 is 0 Å². The minimum atomic E-state index is 0.184. The number of pyridine rings is 1. The summed E-state index contributed by atoms with van der Waals surface area (Å²) in [5.74, 6) is 2.49. The van der Waals surface area contributed by atoms with E-state index in [1.165, 1.54) is 5.56 Å². The maximum Gasteiger partial charge on any atom is 0.231 e. The highest BCUT2D eigenvalue weighted by Crippen LogP contribution is 2.34. The number of nitrogens with zero attached hydrogens (tertiary/aromatic N) is 1. The Bertz CT molecular complexity index is 732. The first-order valence-electron chi connectivity index (χ1n) is 8.73. The van der Waals surface area contributed by atoms with Crippen LogP contribution in [-0.2, 0) is 6.54 Å². The maximum absolute atomic E-state index is 6.10. The number of benzene rings is 1. The van der Waals surface area contributed by atoms with Crippen molar-refractivity contribution < 1.29 is 14.2 Å². The van der Waals surface area contributed by atoms with Crippen molar-refractivity contribution in [3.05, 3.63) is 47.8 Å². The van der Waals surface area contributed by atoms with Gasteiger partial charge in [0.2, 0.25) is 6.79 Å². The summed E-state index contributed by atoms with van der Waals surface area (Å²) in [6.45, 7) is 5.07. The molecule has 4 rings (SSSR count). The smallest absolute Gasteiger partial charge is 0.231 e. The Morgan fingerprint density at radius 2 is 2.24 bits per heavy atom. The van der Waals surface area contributed by atoms with Crippen molar-refractivity contribution >= 4 is 0 Å². The van der Waals surface area contributed by atoms with Crippen molar-refractivity contribution in [3.8, 4) is 17.2 Å². The lowest BCUT2D eigenvalue weighted by Gasteiger charge is -2.18. The van der Waals surface area contributed by atoms with E-state index in [1.54, 1.807) is 6.20 Å². The molecule has 1 aromatic heterocycles. The molecule has 1 saturated heterocycles. The van der Waals surface area contributed by atoms with E-state index in [0.29, 0.717) is 13.3 Å². The molecule has 0 amide bonds. The molecule has 6 nitrogen and oxygen atoms in total. The SMILES string of the molecule is CC(NCc1ccncc1O[C@H]1CCNC1)c1ccc2c(c1)OCO2. The fraction of sp³-hybridized carbons (Fsp3) is 0.421. The molecule has 1 aromatic carbocycles. The van der Waals surface area contributed by atoms with Gasteiger partial charge in [-0.2, -0.15) is 0 Å². The van der Waals surface area contributed by atoms with E-state index in [1.807, 2.05) is 24.4 Å². The summed E-state index contributed by atoms with van der Waals surface area (Å²) >= 11 is 0. The summed E-state index contributed by atoms with van der Waals surface area (Å²) in [4.78, 5) is 4.21. The Morgan fingerprint density at radius 3 is 3.12 bits per heavy atom. The zero-order chi connectivity index (χ0) is 17.1. The Balaban J connectivity index is 1.40. The van der Waals surface area contributed by atoms with Gasteiger partial charge in [0.05, 0.1) is 6.20 Å². The first-order chi connectivity index (χ1) is 12.3. The Morgan fingerprint density at radius 1 is 1.32 bits per heavy atom. The minimum absolute atomic E-state index is 0.184. The van der Waals surface area contributed by atoms with Gasteiger partial charge in [-0.1, -0.05) is 6.07 Å². The topological polar surface area (TPSA) is 64.6 Å². The molecule has 1 fully saturated rings. The summed E-state index contributed by atoms with van der Waals surface area (Å²) < 4.78 is 16.9. The van der Waals surface area contributed by atoms with Gasteiger partial charge in [-0.05, 0) is 43.7 Å². The Hall–Kier alpha value is -2.31. The number of aromatic nitrogens is 1. The molecule has 25 heavy (non-hydrogen) atoms. The fourth-order valence-corrected chi connectivity index (χ4v) is 3.13. The summed E-state index contributed by atoms with van der Waals surface area (Å²) in [6, 6.07) is 8.26. The highest BCUT2D eigenvalue weighted by molar-refractivity contribution is 5.45. The van der Waals surface area contributed by atoms with Gasteiger partial charge in [-0.3, -0.25) is 4.98 Å². The molecular formula is C19H23N3O3. The molecule has 6 heteroatoms. The standard InChI is InChI=1S/C19H23N3O3/c1-13(14-2-3-17-18(8-14)24-12-23-17)22-9-15-4-6-21-11-19(15)25-16-5-7-20-10-16/h2-4,6,8,11,13,16,20,22H,5,7,9-10,12H2,1H3/t13?,16-/m0/s1. The van der Waals surface area contributed by atoms with Crippen LogP contribution in [0, 0.1) is 0 Å². The quantitative estimate of drug-likeness (QED) is 0.841. The van der Waals surface area contributed by atoms with Gasteiger partial charge in [0.25, 0.3) is 0 Å². The van der Waals surface area contributed by atoms with Crippen molar-refractivity contribution in [2.24, 2.45) is 0 Å². The Kier molecular flexibility index (Phi) is 4.72. The van der Waals surface area contributed by atoms with Crippen molar-refractivity contribution in [3.63, 3.8) is 0 Å². The monoisotopic (exact) mass is 341 g/mol. The average molecular weight is 341 g/mol. The molecule has 0 aliphatic carbocycles. The van der Waals surface area contributed by atoms with Crippen LogP contribution >= 0.6 is 0 Å². The molecule has 0 bridgehead atoms. The van der Waals surface area contributed by atoms with Gasteiger partial charge in [0, 0.05) is 30.9 Å². The van der Waals surface area contributed by atoms with Crippen molar-refractivity contribution in [2.75, 3.05) is 19.9 Å². The number of rotatable bonds is 6. The van der Waals surface area contributed by atoms with E-state index in [9.17, 15) is 0 Å². The summed E-state index contributed by atoms with van der Waals surface area (Å²) in [5, 5.41) is 6.87. The van der Waals surface area contributed by atoms with Crippen LogP contribution in [0.2, 0.25) is 0 Å². The predicted molar refractivity (Wildman–Crippen MR) is 94.0 cm³/mol. The largest absolute Gasteiger partial charge is 0.487 e. The zero-order valence-electron chi connectivity index (χ0n) is 14.3. The minimum Gasteiger partial charge on any atom is -0.487 e. The number of nitrogens with one attached hydrogen (secondary N) is 2. The van der Waals surface area contributed by atoms with Crippen LogP contribution in [0.3, 0.4) is 0 Å². The third-order valence-corrected chi connectivity index (χ3v) is 4.67. The van der Waals surface area contributed by atoms with Crippen LogP contribution in [0.4, 0.5) is 0 Å². The first kappa shape index (κ1) is 16.2. The second-order valence-corrected chi connectivity index (χ2v) is 6.43. The maximum atomic E-state index is 6.10. The van der Waals surface area contributed by atoms with Gasteiger partial charge in [0.15, 0.2) is 11.5 Å². The van der Waals surface area contributed by atoms with E-state index in [0.717, 1.165) is 42.3 Å². The summed E-state index contributed by atoms with van der Waals surface area (Å²) in [6.07, 6.45) is 4.88. The van der Waals surface area contributed by atoms with Crippen molar-refractivity contribution in [1.29, 1.82) is 0 Å². The highest BCUT2D eigenvalue weighted by atomic mass is 16.7. The molecule has 0 radical (unpaired) electrons. The zero-order valence-corrected chi connectivity index (χ0v) is 14.3. The third-order valence-electron chi connectivity index (χ3n) is 4.67. The Labute approximate surface area is 147 Å². The lowest BCUT2D eigenvalue weighted by atomic mass is 10.1. The van der Waals surface area contributed by atoms with Crippen molar-refractivity contribution in [2.45, 2.75) is 32.0 Å². The molecule has 0 saturated carbocycles. The fourth-order valence-electron chi connectivity index (χ4n) is 3.13. The third kappa shape index (κ3) is 3.70. The van der Waals surface area contributed by atoms with Gasteiger partial charge < -0.3 is 24.8 Å². The number of hydrogen-bond donors (Lipinski definition) is 2. The summed E-state index contributed by atoms with van der Waals surface area (Å²) in [7, 11) is 0. The number of ether oxygens (including phenoxy) is 3. The lowest BCUT2D eigenvalue weighted by molar-refractivity contribution is 0.174. The van der Waals surface area contributed by atoms with E-state index >= 15 is 0 Å². The summed E-state index contributed by atoms with van der Waals surface area (Å²) in [5.41, 5.74) is 2.29. The molecular weight excluding hydrogens is 318 g/mol. The van der Waals surface area contributed by atoms with Crippen LogP contribution in [0.1, 0.15) is 30.5 Å². The number of fused-ring (bicyclic) bond motifs is 1. The lowest BCUT2D eigenvalue weighted by Crippen LogP contribution is -2.22. The predicted octanol–water partition coefficient (Wildman–Crippen LogP) is 2.40. The van der Waals surface area contributed by atoms with Crippen LogP contribution in [0.25, 0.3) is 0 Å². The van der Waals surface area contributed by atoms with Gasteiger partial charge in [-0.15, -0.1) is 0 Å². The second kappa shape index (κ2) is 7.29. The van der Waals surface area contributed by atoms with Gasteiger partial charge in [-0.25, -0.2) is 0 Å². The molecule has 2 aromatic rings. The van der Waals surface area contributed by atoms with E-state index in [2.05, 4.69) is 28.6 Å². The van der Waals surface area contributed by atoms with Crippen LogP contribution in [0.5, 0.6) is 17.2 Å². The van der Waals surface area contributed by atoms with Crippen LogP contribution in [0.15, 0.2) is 36.7 Å². The van der Waals surface area contributed by atoms with Crippen molar-refractivity contribution in [1.82, 2.24) is 15.6 Å². The average Bonchev–Trinajstić information content (AvgIpc) is 3.31. The highest BCUT2D eigenvalue weighted by Gasteiger charge is 2.18. The normalized spacial score (nSPS) is 19.8. The molecule has 1 unspecified atom stereocenters. The molecule has 2 N–H and O–H groups in total. The molecule has 3 heterocycles.